The van der Waals surface area contributed by atoms with Crippen molar-refractivity contribution in [2.24, 2.45) is 46.3 Å². The second-order valence-corrected chi connectivity index (χ2v) is 13.5. The zero-order valence-electron chi connectivity index (χ0n) is 19.5. The average Bonchev–Trinajstić information content (AvgIpc) is 2.95. The number of rotatable bonds is 2. The highest BCUT2D eigenvalue weighted by molar-refractivity contribution is 7.91. The Balaban J connectivity index is 0.000000755. The van der Waals surface area contributed by atoms with E-state index in [4.69, 9.17) is 0 Å². The third-order valence-electron chi connectivity index (χ3n) is 10.4. The van der Waals surface area contributed by atoms with Gasteiger partial charge in [-0.05, 0) is 91.3 Å². The molecule has 0 N–H and O–H groups in total. The van der Waals surface area contributed by atoms with E-state index >= 15 is 0 Å². The summed E-state index contributed by atoms with van der Waals surface area (Å²) in [5, 5.41) is -0.0983. The van der Waals surface area contributed by atoms with Gasteiger partial charge in [0.15, 0.2) is 9.84 Å². The lowest BCUT2D eigenvalue weighted by atomic mass is 9.42. The van der Waals surface area contributed by atoms with E-state index in [1.54, 1.807) is 0 Å². The van der Waals surface area contributed by atoms with Crippen molar-refractivity contribution < 1.29 is 8.42 Å². The molecule has 0 saturated heterocycles. The van der Waals surface area contributed by atoms with Crippen LogP contribution in [-0.2, 0) is 9.84 Å². The van der Waals surface area contributed by atoms with Gasteiger partial charge in [-0.25, -0.2) is 8.42 Å². The van der Waals surface area contributed by atoms with E-state index in [9.17, 15) is 8.42 Å². The maximum atomic E-state index is 12.9. The normalized spacial score (nSPS) is 48.9. The Kier molecular flexibility index (Phi) is 6.54. The van der Waals surface area contributed by atoms with Gasteiger partial charge in [-0.1, -0.05) is 53.7 Å². The molecule has 4 aliphatic carbocycles. The van der Waals surface area contributed by atoms with Gasteiger partial charge in [0, 0.05) is 6.26 Å². The summed E-state index contributed by atoms with van der Waals surface area (Å²) in [5.41, 5.74) is 2.78. The largest absolute Gasteiger partial charge is 0.229 e. The van der Waals surface area contributed by atoms with E-state index in [1.165, 1.54) is 51.2 Å². The lowest BCUT2D eigenvalue weighted by Crippen LogP contribution is -2.61. The molecule has 0 heterocycles. The highest BCUT2D eigenvalue weighted by Crippen LogP contribution is 2.69. The highest BCUT2D eigenvalue weighted by Gasteiger charge is 2.64. The Morgan fingerprint density at radius 1 is 1.00 bits per heavy atom. The first-order chi connectivity index (χ1) is 13.6. The van der Waals surface area contributed by atoms with Crippen LogP contribution in [0.2, 0.25) is 0 Å². The fourth-order valence-electron chi connectivity index (χ4n) is 8.93. The van der Waals surface area contributed by atoms with Gasteiger partial charge in [0.1, 0.15) is 0 Å². The van der Waals surface area contributed by atoms with Gasteiger partial charge < -0.3 is 0 Å². The maximum Gasteiger partial charge on any atom is 0.150 e. The third kappa shape index (κ3) is 3.59. The molecule has 0 aromatic carbocycles. The molecule has 0 bridgehead atoms. The second-order valence-electron chi connectivity index (χ2n) is 11.3. The summed E-state index contributed by atoms with van der Waals surface area (Å²) in [6.45, 7) is 16.1. The summed E-state index contributed by atoms with van der Waals surface area (Å²) < 4.78 is 25.7. The molecule has 0 aromatic heterocycles. The van der Waals surface area contributed by atoms with Gasteiger partial charge in [0.05, 0.1) is 5.25 Å². The smallest absolute Gasteiger partial charge is 0.150 e. The predicted octanol–water partition coefficient (Wildman–Crippen LogP) is 6.67. The van der Waals surface area contributed by atoms with Crippen LogP contribution in [0, 0.1) is 46.3 Å². The Morgan fingerprint density at radius 2 is 1.66 bits per heavy atom. The molecule has 3 unspecified atom stereocenters. The minimum Gasteiger partial charge on any atom is -0.229 e. The van der Waals surface area contributed by atoms with Gasteiger partial charge in [-0.2, -0.15) is 0 Å². The summed E-state index contributed by atoms with van der Waals surface area (Å²) in [6.07, 6.45) is 12.8. The van der Waals surface area contributed by atoms with Crippen molar-refractivity contribution >= 4 is 9.84 Å². The van der Waals surface area contributed by atoms with Crippen molar-refractivity contribution in [1.82, 2.24) is 0 Å². The Labute approximate surface area is 180 Å². The number of fused-ring (bicyclic) bond motifs is 5. The molecule has 3 heteroatoms. The van der Waals surface area contributed by atoms with Crippen LogP contribution in [-0.4, -0.2) is 19.9 Å². The molecule has 0 radical (unpaired) electrons. The van der Waals surface area contributed by atoms with E-state index in [-0.39, 0.29) is 10.7 Å². The standard InChI is InChI=1S/C23H40O2S.C3H4/c1-6-16-14-17-19-11-10-15(2)22(19,3)13-12-20(17)23(4)18(16)8-7-9-21(23)26(5,24)25;1-3-2/h15-21H,6-14H2,1-5H3;1-2H2/t15-,16?,17+,18?,19+,20+,21?,22-,23+;/m1./s1. The van der Waals surface area contributed by atoms with Crippen molar-refractivity contribution in [2.45, 2.75) is 90.7 Å². The first-order valence-electron chi connectivity index (χ1n) is 12.0. The van der Waals surface area contributed by atoms with Crippen molar-refractivity contribution in [3.63, 3.8) is 0 Å². The van der Waals surface area contributed by atoms with Crippen LogP contribution in [0.3, 0.4) is 0 Å². The molecule has 0 spiro atoms. The average molecular weight is 421 g/mol. The van der Waals surface area contributed by atoms with Gasteiger partial charge >= 0.3 is 0 Å². The van der Waals surface area contributed by atoms with E-state index in [0.29, 0.717) is 17.3 Å². The van der Waals surface area contributed by atoms with Crippen LogP contribution in [0.4, 0.5) is 0 Å². The van der Waals surface area contributed by atoms with Crippen LogP contribution in [0.25, 0.3) is 0 Å². The summed E-state index contributed by atoms with van der Waals surface area (Å²) >= 11 is 0. The van der Waals surface area contributed by atoms with Crippen LogP contribution < -0.4 is 0 Å². The first-order valence-corrected chi connectivity index (χ1v) is 14.0. The van der Waals surface area contributed by atoms with Crippen molar-refractivity contribution in [2.75, 3.05) is 6.26 Å². The monoisotopic (exact) mass is 420 g/mol. The summed E-state index contributed by atoms with van der Waals surface area (Å²) in [4.78, 5) is 0. The molecule has 9 atom stereocenters. The van der Waals surface area contributed by atoms with Gasteiger partial charge in [-0.15, -0.1) is 5.73 Å². The third-order valence-corrected chi connectivity index (χ3v) is 12.1. The summed E-state index contributed by atoms with van der Waals surface area (Å²) in [5.74, 6) is 4.46. The van der Waals surface area contributed by atoms with Crippen LogP contribution >= 0.6 is 0 Å². The molecule has 29 heavy (non-hydrogen) atoms. The number of hydrogen-bond donors (Lipinski definition) is 0. The molecular formula is C26H44O2S. The minimum absolute atomic E-state index is 0.0165. The van der Waals surface area contributed by atoms with Crippen LogP contribution in [0.5, 0.6) is 0 Å². The van der Waals surface area contributed by atoms with Crippen LogP contribution in [0.1, 0.15) is 85.5 Å². The second kappa shape index (κ2) is 8.19. The SMILES string of the molecule is C=C=C.CCC1C[C@@H]2[C@H](CC[C@]3(C)[C@H](C)CC[C@@H]23)[C@]2(C)C1CCCC2S(C)(=O)=O. The predicted molar refractivity (Wildman–Crippen MR) is 123 cm³/mol. The lowest BCUT2D eigenvalue weighted by molar-refractivity contribution is -0.132. The fraction of sp³-hybridized carbons (Fsp3) is 0.885. The molecular weight excluding hydrogens is 376 g/mol. The molecule has 166 valence electrons. The number of hydrogen-bond acceptors (Lipinski definition) is 2. The minimum atomic E-state index is -2.99. The summed E-state index contributed by atoms with van der Waals surface area (Å²) in [6, 6.07) is 0. The first kappa shape index (κ1) is 23.1. The van der Waals surface area contributed by atoms with Gasteiger partial charge in [0.2, 0.25) is 0 Å². The molecule has 4 fully saturated rings. The number of sulfone groups is 1. The topological polar surface area (TPSA) is 34.1 Å². The molecule has 0 aliphatic heterocycles. The molecule has 2 nitrogen and oxygen atoms in total. The fourth-order valence-corrected chi connectivity index (χ4v) is 10.8. The van der Waals surface area contributed by atoms with Crippen LogP contribution in [0.15, 0.2) is 18.9 Å². The zero-order valence-corrected chi connectivity index (χ0v) is 20.4. The summed E-state index contributed by atoms with van der Waals surface area (Å²) in [7, 11) is -2.99. The van der Waals surface area contributed by atoms with Crippen molar-refractivity contribution in [1.29, 1.82) is 0 Å². The quantitative estimate of drug-likeness (QED) is 0.467. The van der Waals surface area contributed by atoms with E-state index < -0.39 is 9.84 Å². The molecule has 4 rings (SSSR count). The Hall–Kier alpha value is -0.530. The molecule has 0 aromatic rings. The van der Waals surface area contributed by atoms with Crippen molar-refractivity contribution in [3.8, 4) is 0 Å². The Morgan fingerprint density at radius 3 is 2.24 bits per heavy atom. The maximum absolute atomic E-state index is 12.9. The molecule has 4 aliphatic rings. The molecule has 4 saturated carbocycles. The highest BCUT2D eigenvalue weighted by atomic mass is 32.2. The lowest BCUT2D eigenvalue weighted by Gasteiger charge is -2.64. The van der Waals surface area contributed by atoms with E-state index in [2.05, 4.69) is 46.6 Å². The molecule has 0 amide bonds. The Bertz CT molecular complexity index is 734. The van der Waals surface area contributed by atoms with E-state index in [1.807, 2.05) is 0 Å². The van der Waals surface area contributed by atoms with E-state index in [0.717, 1.165) is 36.5 Å². The zero-order chi connectivity index (χ0) is 21.6. The van der Waals surface area contributed by atoms with Gasteiger partial charge in [0.25, 0.3) is 0 Å². The van der Waals surface area contributed by atoms with Gasteiger partial charge in [-0.3, -0.25) is 0 Å². The van der Waals surface area contributed by atoms with Crippen molar-refractivity contribution in [3.05, 3.63) is 18.9 Å².